The molecule has 0 unspecified atom stereocenters. The standard InChI is InChI=1S/C20H37N3O2/c1-17(2)22-13-11-21(12-14-22)16-20(25)9-6-10-23(19(20)24)15-18-7-4-3-5-8-18/h17-18,25H,3-16H2,1-2H3/t20-/m0/s1. The van der Waals surface area contributed by atoms with Crippen LogP contribution in [-0.4, -0.2) is 83.2 Å². The number of carbonyl (C=O) groups excluding carboxylic acids is 1. The van der Waals surface area contributed by atoms with Crippen molar-refractivity contribution < 1.29 is 9.90 Å². The normalized spacial score (nSPS) is 31.0. The largest absolute Gasteiger partial charge is 0.379 e. The van der Waals surface area contributed by atoms with E-state index in [-0.39, 0.29) is 5.91 Å². The van der Waals surface area contributed by atoms with Crippen LogP contribution in [0.5, 0.6) is 0 Å². The highest BCUT2D eigenvalue weighted by atomic mass is 16.3. The number of piperazine rings is 1. The molecule has 1 aliphatic carbocycles. The second kappa shape index (κ2) is 8.36. The predicted molar refractivity (Wildman–Crippen MR) is 100 cm³/mol. The van der Waals surface area contributed by atoms with Crippen molar-refractivity contribution in [1.29, 1.82) is 0 Å². The average molecular weight is 352 g/mol. The molecule has 0 bridgehead atoms. The molecule has 25 heavy (non-hydrogen) atoms. The number of nitrogens with zero attached hydrogens (tertiary/aromatic N) is 3. The molecule has 3 fully saturated rings. The highest BCUT2D eigenvalue weighted by molar-refractivity contribution is 5.86. The first-order chi connectivity index (χ1) is 12.0. The fourth-order valence-corrected chi connectivity index (χ4v) is 4.88. The SMILES string of the molecule is CC(C)N1CCN(C[C@@]2(O)CCCN(CC3CCCCC3)C2=O)CC1. The molecule has 0 aromatic carbocycles. The Morgan fingerprint density at radius 3 is 2.36 bits per heavy atom. The number of carbonyl (C=O) groups is 1. The van der Waals surface area contributed by atoms with Crippen molar-refractivity contribution in [1.82, 2.24) is 14.7 Å². The van der Waals surface area contributed by atoms with Gasteiger partial charge in [-0.05, 0) is 45.4 Å². The van der Waals surface area contributed by atoms with E-state index in [1.54, 1.807) is 0 Å². The van der Waals surface area contributed by atoms with Crippen LogP contribution >= 0.6 is 0 Å². The Labute approximate surface area is 153 Å². The molecule has 3 rings (SSSR count). The summed E-state index contributed by atoms with van der Waals surface area (Å²) in [6.45, 7) is 10.7. The van der Waals surface area contributed by atoms with Gasteiger partial charge < -0.3 is 10.0 Å². The van der Waals surface area contributed by atoms with Crippen LogP contribution in [0.3, 0.4) is 0 Å². The van der Waals surface area contributed by atoms with Crippen molar-refractivity contribution in [2.75, 3.05) is 45.8 Å². The first-order valence-electron chi connectivity index (χ1n) is 10.5. The minimum absolute atomic E-state index is 0.00406. The van der Waals surface area contributed by atoms with Gasteiger partial charge in [0.25, 0.3) is 5.91 Å². The Morgan fingerprint density at radius 1 is 1.04 bits per heavy atom. The van der Waals surface area contributed by atoms with Crippen molar-refractivity contribution in [2.24, 2.45) is 5.92 Å². The third kappa shape index (κ3) is 4.75. The van der Waals surface area contributed by atoms with E-state index < -0.39 is 5.60 Å². The summed E-state index contributed by atoms with van der Waals surface area (Å²) in [6, 6.07) is 0.576. The number of rotatable bonds is 5. The van der Waals surface area contributed by atoms with E-state index in [0.717, 1.165) is 45.7 Å². The molecule has 2 aliphatic heterocycles. The van der Waals surface area contributed by atoms with E-state index in [0.29, 0.717) is 24.9 Å². The molecule has 144 valence electrons. The van der Waals surface area contributed by atoms with Gasteiger partial charge in [0, 0.05) is 51.9 Å². The van der Waals surface area contributed by atoms with Crippen LogP contribution in [0.2, 0.25) is 0 Å². The maximum atomic E-state index is 13.0. The van der Waals surface area contributed by atoms with Gasteiger partial charge in [0.05, 0.1) is 0 Å². The van der Waals surface area contributed by atoms with E-state index in [1.165, 1.54) is 32.1 Å². The van der Waals surface area contributed by atoms with E-state index in [2.05, 4.69) is 23.6 Å². The smallest absolute Gasteiger partial charge is 0.255 e. The van der Waals surface area contributed by atoms with Crippen LogP contribution in [0, 0.1) is 5.92 Å². The predicted octanol–water partition coefficient (Wildman–Crippen LogP) is 1.95. The maximum absolute atomic E-state index is 13.0. The first kappa shape index (κ1) is 19.1. The summed E-state index contributed by atoms with van der Waals surface area (Å²) >= 11 is 0. The summed E-state index contributed by atoms with van der Waals surface area (Å²) in [6.07, 6.45) is 8.00. The summed E-state index contributed by atoms with van der Waals surface area (Å²) in [4.78, 5) is 19.7. The van der Waals surface area contributed by atoms with Crippen LogP contribution in [0.4, 0.5) is 0 Å². The molecule has 0 radical (unpaired) electrons. The second-order valence-electron chi connectivity index (χ2n) is 8.80. The first-order valence-corrected chi connectivity index (χ1v) is 10.5. The summed E-state index contributed by atoms with van der Waals surface area (Å²) in [5.41, 5.74) is -1.16. The minimum Gasteiger partial charge on any atom is -0.379 e. The van der Waals surface area contributed by atoms with Crippen LogP contribution in [-0.2, 0) is 4.79 Å². The van der Waals surface area contributed by atoms with Gasteiger partial charge in [-0.1, -0.05) is 19.3 Å². The van der Waals surface area contributed by atoms with Crippen molar-refractivity contribution in [3.63, 3.8) is 0 Å². The Morgan fingerprint density at radius 2 is 1.72 bits per heavy atom. The Kier molecular flexibility index (Phi) is 6.39. The number of likely N-dealkylation sites (tertiary alicyclic amines) is 1. The molecule has 1 amide bonds. The molecule has 5 heteroatoms. The Hall–Kier alpha value is -0.650. The van der Waals surface area contributed by atoms with Crippen LogP contribution in [0.25, 0.3) is 0 Å². The van der Waals surface area contributed by atoms with Crippen molar-refractivity contribution in [3.05, 3.63) is 0 Å². The molecular formula is C20H37N3O2. The van der Waals surface area contributed by atoms with E-state index in [4.69, 9.17) is 0 Å². The number of hydrogen-bond donors (Lipinski definition) is 1. The van der Waals surface area contributed by atoms with Gasteiger partial charge in [-0.15, -0.1) is 0 Å². The highest BCUT2D eigenvalue weighted by Gasteiger charge is 2.44. The zero-order valence-electron chi connectivity index (χ0n) is 16.3. The molecule has 3 aliphatic rings. The van der Waals surface area contributed by atoms with Crippen molar-refractivity contribution in [3.8, 4) is 0 Å². The van der Waals surface area contributed by atoms with Gasteiger partial charge in [0.15, 0.2) is 5.60 Å². The van der Waals surface area contributed by atoms with Gasteiger partial charge in [-0.25, -0.2) is 0 Å². The number of piperidine rings is 1. The lowest BCUT2D eigenvalue weighted by atomic mass is 9.86. The third-order valence-corrected chi connectivity index (χ3v) is 6.53. The second-order valence-corrected chi connectivity index (χ2v) is 8.80. The number of aliphatic hydroxyl groups is 1. The lowest BCUT2D eigenvalue weighted by molar-refractivity contribution is -0.161. The van der Waals surface area contributed by atoms with Gasteiger partial charge in [0.2, 0.25) is 0 Å². The molecular weight excluding hydrogens is 314 g/mol. The lowest BCUT2D eigenvalue weighted by Gasteiger charge is -2.44. The minimum atomic E-state index is -1.16. The maximum Gasteiger partial charge on any atom is 0.255 e. The quantitative estimate of drug-likeness (QED) is 0.822. The number of amides is 1. The van der Waals surface area contributed by atoms with E-state index >= 15 is 0 Å². The molecule has 1 N–H and O–H groups in total. The van der Waals surface area contributed by atoms with Gasteiger partial charge >= 0.3 is 0 Å². The number of β-amino-alcohol motifs (C(OH)–C–C–N with tert-alkyl or cyclic N) is 1. The van der Waals surface area contributed by atoms with Crippen molar-refractivity contribution in [2.45, 2.75) is 70.4 Å². The third-order valence-electron chi connectivity index (χ3n) is 6.53. The van der Waals surface area contributed by atoms with Crippen molar-refractivity contribution >= 4 is 5.91 Å². The summed E-state index contributed by atoms with van der Waals surface area (Å²) in [5, 5.41) is 11.1. The zero-order valence-corrected chi connectivity index (χ0v) is 16.3. The van der Waals surface area contributed by atoms with Crippen LogP contribution < -0.4 is 0 Å². The molecule has 0 spiro atoms. The average Bonchev–Trinajstić information content (AvgIpc) is 2.60. The Bertz CT molecular complexity index is 442. The summed E-state index contributed by atoms with van der Waals surface area (Å²) < 4.78 is 0. The molecule has 1 atom stereocenters. The lowest BCUT2D eigenvalue weighted by Crippen LogP contribution is -2.61. The van der Waals surface area contributed by atoms with E-state index in [9.17, 15) is 9.90 Å². The fraction of sp³-hybridized carbons (Fsp3) is 0.950. The highest BCUT2D eigenvalue weighted by Crippen LogP contribution is 2.29. The van der Waals surface area contributed by atoms with Gasteiger partial charge in [0.1, 0.15) is 0 Å². The molecule has 0 aromatic heterocycles. The molecule has 2 saturated heterocycles. The molecule has 1 saturated carbocycles. The molecule has 0 aromatic rings. The fourth-order valence-electron chi connectivity index (χ4n) is 4.88. The zero-order chi connectivity index (χ0) is 17.9. The van der Waals surface area contributed by atoms with Crippen LogP contribution in [0.1, 0.15) is 58.8 Å². The molecule has 2 heterocycles. The Balaban J connectivity index is 1.54. The van der Waals surface area contributed by atoms with Gasteiger partial charge in [-0.2, -0.15) is 0 Å². The van der Waals surface area contributed by atoms with E-state index in [1.807, 2.05) is 4.90 Å². The monoisotopic (exact) mass is 351 g/mol. The summed E-state index contributed by atoms with van der Waals surface area (Å²) in [7, 11) is 0. The van der Waals surface area contributed by atoms with Crippen LogP contribution in [0.15, 0.2) is 0 Å². The number of hydrogen-bond acceptors (Lipinski definition) is 4. The molecule has 5 nitrogen and oxygen atoms in total. The van der Waals surface area contributed by atoms with Gasteiger partial charge in [-0.3, -0.25) is 14.6 Å². The summed E-state index contributed by atoms with van der Waals surface area (Å²) in [5.74, 6) is 0.644. The topological polar surface area (TPSA) is 47.0 Å².